The van der Waals surface area contributed by atoms with Crippen LogP contribution in [0.5, 0.6) is 23.0 Å². The van der Waals surface area contributed by atoms with E-state index < -0.39 is 0 Å². The van der Waals surface area contributed by atoms with E-state index in [0.717, 1.165) is 61.6 Å². The molecule has 0 spiro atoms. The van der Waals surface area contributed by atoms with E-state index in [-0.39, 0.29) is 5.41 Å². The van der Waals surface area contributed by atoms with Crippen molar-refractivity contribution in [2.75, 3.05) is 4.90 Å². The summed E-state index contributed by atoms with van der Waals surface area (Å²) < 4.78 is 19.0. The minimum Gasteiger partial charge on any atom is -0.456 e. The van der Waals surface area contributed by atoms with Crippen LogP contribution >= 0.6 is 0 Å². The maximum absolute atomic E-state index is 6.39. The van der Waals surface area contributed by atoms with E-state index in [1.54, 1.807) is 0 Å². The summed E-state index contributed by atoms with van der Waals surface area (Å²) in [6, 6.07) is 52.9. The van der Waals surface area contributed by atoms with Crippen molar-refractivity contribution in [2.24, 2.45) is 0 Å². The first-order valence-corrected chi connectivity index (χ1v) is 16.7. The van der Waals surface area contributed by atoms with Gasteiger partial charge in [-0.25, -0.2) is 0 Å². The number of fused-ring (bicyclic) bond motifs is 8. The smallest absolute Gasteiger partial charge is 0.177 e. The van der Waals surface area contributed by atoms with Gasteiger partial charge in [0.05, 0.1) is 0 Å². The van der Waals surface area contributed by atoms with Gasteiger partial charge in [-0.1, -0.05) is 98.8 Å². The van der Waals surface area contributed by atoms with Gasteiger partial charge in [0.25, 0.3) is 0 Å². The number of hydrogen-bond acceptors (Lipinski definition) is 4. The number of hydrogen-bond donors (Lipinski definition) is 0. The van der Waals surface area contributed by atoms with E-state index in [0.29, 0.717) is 11.5 Å². The fourth-order valence-electron chi connectivity index (χ4n) is 7.70. The summed E-state index contributed by atoms with van der Waals surface area (Å²) in [5, 5.41) is 2.23. The van der Waals surface area contributed by atoms with E-state index in [9.17, 15) is 0 Å². The van der Waals surface area contributed by atoms with Gasteiger partial charge >= 0.3 is 0 Å². The molecule has 49 heavy (non-hydrogen) atoms. The van der Waals surface area contributed by atoms with Crippen molar-refractivity contribution in [1.29, 1.82) is 0 Å². The third-order valence-corrected chi connectivity index (χ3v) is 10.1. The van der Waals surface area contributed by atoms with Gasteiger partial charge in [-0.05, 0) is 88.5 Å². The minimum atomic E-state index is -0.118. The summed E-state index contributed by atoms with van der Waals surface area (Å²) in [6.45, 7) is 4.65. The maximum atomic E-state index is 6.39. The Hall–Kier alpha value is -6.26. The summed E-state index contributed by atoms with van der Waals surface area (Å²) in [5.74, 6) is 2.87. The Kier molecular flexibility index (Phi) is 5.89. The average Bonchev–Trinajstić information content (AvgIpc) is 3.62. The fraction of sp³-hybridized carbons (Fsp3) is 0.0667. The van der Waals surface area contributed by atoms with Crippen LogP contribution in [0, 0.1) is 0 Å². The van der Waals surface area contributed by atoms with Crippen molar-refractivity contribution in [3.63, 3.8) is 0 Å². The van der Waals surface area contributed by atoms with Crippen LogP contribution in [0.15, 0.2) is 156 Å². The molecule has 2 aliphatic rings. The van der Waals surface area contributed by atoms with E-state index in [1.165, 1.54) is 22.3 Å². The molecule has 7 aromatic carbocycles. The van der Waals surface area contributed by atoms with Crippen molar-refractivity contribution in [1.82, 2.24) is 0 Å². The first kappa shape index (κ1) is 27.8. The lowest BCUT2D eigenvalue weighted by Crippen LogP contribution is -2.16. The van der Waals surface area contributed by atoms with Crippen LogP contribution in [0.1, 0.15) is 25.0 Å². The van der Waals surface area contributed by atoms with Crippen LogP contribution in [-0.2, 0) is 5.41 Å². The molecule has 1 aliphatic heterocycles. The molecule has 2 heterocycles. The SMILES string of the molecule is CC1(C)c2ccccc2-c2ccc(N(c3ccc(-c4cccc5c4Oc4ccccc4O5)cc3)c3ccc4c(c3)oc3ccccc34)cc21. The van der Waals surface area contributed by atoms with Crippen molar-refractivity contribution in [3.05, 3.63) is 163 Å². The topological polar surface area (TPSA) is 34.8 Å². The predicted molar refractivity (Wildman–Crippen MR) is 198 cm³/mol. The molecule has 0 unspecified atom stereocenters. The Balaban J connectivity index is 1.10. The summed E-state index contributed by atoms with van der Waals surface area (Å²) in [7, 11) is 0. The van der Waals surface area contributed by atoms with Gasteiger partial charge in [0, 0.05) is 44.9 Å². The number of para-hydroxylation sites is 4. The molecule has 0 saturated carbocycles. The van der Waals surface area contributed by atoms with Crippen molar-refractivity contribution >= 4 is 39.0 Å². The molecule has 1 aliphatic carbocycles. The van der Waals surface area contributed by atoms with E-state index in [4.69, 9.17) is 13.9 Å². The molecule has 4 nitrogen and oxygen atoms in total. The Bertz CT molecular complexity index is 2590. The third-order valence-electron chi connectivity index (χ3n) is 10.1. The Morgan fingerprint density at radius 3 is 1.96 bits per heavy atom. The van der Waals surface area contributed by atoms with Crippen LogP contribution in [-0.4, -0.2) is 0 Å². The molecule has 0 fully saturated rings. The zero-order valence-corrected chi connectivity index (χ0v) is 27.1. The zero-order chi connectivity index (χ0) is 32.7. The highest BCUT2D eigenvalue weighted by Crippen LogP contribution is 2.52. The molecule has 10 rings (SSSR count). The van der Waals surface area contributed by atoms with Crippen LogP contribution in [0.3, 0.4) is 0 Å². The fourth-order valence-corrected chi connectivity index (χ4v) is 7.70. The monoisotopic (exact) mass is 633 g/mol. The summed E-state index contributed by atoms with van der Waals surface area (Å²) in [5.41, 5.74) is 12.1. The maximum Gasteiger partial charge on any atom is 0.177 e. The largest absolute Gasteiger partial charge is 0.456 e. The first-order valence-electron chi connectivity index (χ1n) is 16.7. The van der Waals surface area contributed by atoms with Gasteiger partial charge in [-0.2, -0.15) is 0 Å². The molecule has 8 aromatic rings. The van der Waals surface area contributed by atoms with Crippen molar-refractivity contribution in [2.45, 2.75) is 19.3 Å². The lowest BCUT2D eigenvalue weighted by atomic mass is 9.82. The Labute approximate surface area is 284 Å². The first-order chi connectivity index (χ1) is 24.0. The van der Waals surface area contributed by atoms with Crippen LogP contribution in [0.2, 0.25) is 0 Å². The summed E-state index contributed by atoms with van der Waals surface area (Å²) in [4.78, 5) is 2.33. The van der Waals surface area contributed by atoms with Crippen LogP contribution < -0.4 is 14.4 Å². The van der Waals surface area contributed by atoms with Crippen LogP contribution in [0.25, 0.3) is 44.2 Å². The molecule has 0 radical (unpaired) electrons. The number of rotatable bonds is 4. The molecule has 0 bridgehead atoms. The second-order valence-corrected chi connectivity index (χ2v) is 13.3. The van der Waals surface area contributed by atoms with Crippen molar-refractivity contribution < 1.29 is 13.9 Å². The molecule has 0 saturated heterocycles. The van der Waals surface area contributed by atoms with E-state index >= 15 is 0 Å². The number of nitrogens with zero attached hydrogens (tertiary/aromatic N) is 1. The van der Waals surface area contributed by atoms with E-state index in [1.807, 2.05) is 48.5 Å². The highest BCUT2D eigenvalue weighted by molar-refractivity contribution is 6.06. The normalized spacial score (nSPS) is 13.6. The molecular weight excluding hydrogens is 602 g/mol. The zero-order valence-electron chi connectivity index (χ0n) is 27.1. The number of benzene rings is 7. The molecule has 4 heteroatoms. The second-order valence-electron chi connectivity index (χ2n) is 13.3. The van der Waals surface area contributed by atoms with Gasteiger partial charge in [-0.3, -0.25) is 0 Å². The minimum absolute atomic E-state index is 0.118. The number of anilines is 3. The Morgan fingerprint density at radius 2 is 1.08 bits per heavy atom. The summed E-state index contributed by atoms with van der Waals surface area (Å²) in [6.07, 6.45) is 0. The standard InChI is InChI=1S/C45H31NO3/c1-45(2)37-13-5-3-10-33(37)34-24-22-30(26-38(34)45)46(31-23-25-36-35-11-4-6-14-39(35)47-43(36)27-31)29-20-18-28(19-21-29)32-12-9-17-42-44(32)49-41-16-8-7-15-40(41)48-42/h3-27H,1-2H3. The summed E-state index contributed by atoms with van der Waals surface area (Å²) >= 11 is 0. The molecular formula is C45H31NO3. The second kappa shape index (κ2) is 10.4. The molecule has 0 amide bonds. The van der Waals surface area contributed by atoms with Gasteiger partial charge in [0.1, 0.15) is 11.2 Å². The van der Waals surface area contributed by atoms with E-state index in [2.05, 4.69) is 122 Å². The average molecular weight is 634 g/mol. The van der Waals surface area contributed by atoms with Gasteiger partial charge in [-0.15, -0.1) is 0 Å². The third kappa shape index (κ3) is 4.24. The van der Waals surface area contributed by atoms with Crippen molar-refractivity contribution in [3.8, 4) is 45.3 Å². The highest BCUT2D eigenvalue weighted by Gasteiger charge is 2.35. The predicted octanol–water partition coefficient (Wildman–Crippen LogP) is 12.9. The van der Waals surface area contributed by atoms with Crippen LogP contribution in [0.4, 0.5) is 17.1 Å². The molecule has 0 N–H and O–H groups in total. The highest BCUT2D eigenvalue weighted by atomic mass is 16.6. The van der Waals surface area contributed by atoms with Gasteiger partial charge in [0.2, 0.25) is 0 Å². The molecule has 234 valence electrons. The number of furan rings is 1. The molecule has 0 atom stereocenters. The lowest BCUT2D eigenvalue weighted by molar-refractivity contribution is 0.361. The Morgan fingerprint density at radius 1 is 0.449 bits per heavy atom. The quantitative estimate of drug-likeness (QED) is 0.193. The van der Waals surface area contributed by atoms with Gasteiger partial charge in [0.15, 0.2) is 23.0 Å². The number of ether oxygens (including phenoxy) is 2. The lowest BCUT2D eigenvalue weighted by Gasteiger charge is -2.28. The van der Waals surface area contributed by atoms with Gasteiger partial charge < -0.3 is 18.8 Å². The molecule has 1 aromatic heterocycles.